The van der Waals surface area contributed by atoms with Crippen molar-refractivity contribution < 1.29 is 4.39 Å². The fourth-order valence-electron chi connectivity index (χ4n) is 4.10. The Bertz CT molecular complexity index is 1230. The normalized spacial score (nSPS) is 11.7. The Morgan fingerprint density at radius 1 is 1.00 bits per heavy atom. The van der Waals surface area contributed by atoms with Crippen LogP contribution in [0.3, 0.4) is 0 Å². The molecule has 6 heteroatoms. The van der Waals surface area contributed by atoms with E-state index in [4.69, 9.17) is 15.1 Å². The van der Waals surface area contributed by atoms with Gasteiger partial charge >= 0.3 is 0 Å². The number of imidazole rings is 1. The number of halogens is 1. The maximum Gasteiger partial charge on any atom is 0.158 e. The largest absolute Gasteiger partial charge is 0.241 e. The Morgan fingerprint density at radius 3 is 2.43 bits per heavy atom. The van der Waals surface area contributed by atoms with E-state index < -0.39 is 0 Å². The van der Waals surface area contributed by atoms with Crippen molar-refractivity contribution in [3.63, 3.8) is 0 Å². The molecular formula is C24H27FN4S. The molecule has 0 saturated heterocycles. The summed E-state index contributed by atoms with van der Waals surface area (Å²) in [5.74, 6) is 0.198. The van der Waals surface area contributed by atoms with Gasteiger partial charge in [0.15, 0.2) is 5.65 Å². The second kappa shape index (κ2) is 7.91. The van der Waals surface area contributed by atoms with Gasteiger partial charge in [0.25, 0.3) is 0 Å². The fourth-order valence-corrected chi connectivity index (χ4v) is 5.27. The number of aryl methyl sites for hydroxylation is 4. The van der Waals surface area contributed by atoms with E-state index in [9.17, 15) is 4.39 Å². The summed E-state index contributed by atoms with van der Waals surface area (Å²) in [6, 6.07) is 7.30. The summed E-state index contributed by atoms with van der Waals surface area (Å²) < 4.78 is 16.4. The Kier molecular flexibility index (Phi) is 5.45. The van der Waals surface area contributed by atoms with Crippen LogP contribution >= 0.6 is 11.3 Å². The third-order valence-electron chi connectivity index (χ3n) is 5.70. The highest BCUT2D eigenvalue weighted by Crippen LogP contribution is 2.39. The number of thiazole rings is 1. The van der Waals surface area contributed by atoms with Crippen molar-refractivity contribution in [3.05, 3.63) is 58.3 Å². The Morgan fingerprint density at radius 2 is 1.73 bits per heavy atom. The first-order valence-electron chi connectivity index (χ1n) is 10.4. The standard InChI is InChI=1S/C24H27FN4S/c1-7-17(8-2)18-12-14(4)28-29-21(15(5)26-23(18)29)22-16(6)27-24(30-22)19-11-13(3)9-10-20(19)25/h9-12,17H,7-8H2,1-6H3. The zero-order valence-corrected chi connectivity index (χ0v) is 19.2. The summed E-state index contributed by atoms with van der Waals surface area (Å²) in [5, 5.41) is 5.48. The van der Waals surface area contributed by atoms with Crippen LogP contribution in [0.25, 0.3) is 26.8 Å². The third kappa shape index (κ3) is 3.43. The quantitative estimate of drug-likeness (QED) is 0.355. The van der Waals surface area contributed by atoms with Gasteiger partial charge in [-0.3, -0.25) is 0 Å². The monoisotopic (exact) mass is 422 g/mol. The van der Waals surface area contributed by atoms with Crippen molar-refractivity contribution in [2.24, 2.45) is 0 Å². The van der Waals surface area contributed by atoms with Crippen LogP contribution in [0.4, 0.5) is 4.39 Å². The second-order valence-electron chi connectivity index (χ2n) is 7.95. The van der Waals surface area contributed by atoms with Gasteiger partial charge in [0.05, 0.1) is 22.0 Å². The number of nitrogens with zero attached hydrogens (tertiary/aromatic N) is 4. The minimum atomic E-state index is -0.249. The Hall–Kier alpha value is -2.60. The van der Waals surface area contributed by atoms with E-state index in [1.165, 1.54) is 23.0 Å². The highest BCUT2D eigenvalue weighted by atomic mass is 32.1. The molecule has 0 aliphatic rings. The van der Waals surface area contributed by atoms with Crippen LogP contribution in [0.5, 0.6) is 0 Å². The molecular weight excluding hydrogens is 395 g/mol. The van der Waals surface area contributed by atoms with E-state index in [0.717, 1.165) is 51.7 Å². The minimum Gasteiger partial charge on any atom is -0.241 e. The highest BCUT2D eigenvalue weighted by Gasteiger charge is 2.23. The predicted molar refractivity (Wildman–Crippen MR) is 122 cm³/mol. The lowest BCUT2D eigenvalue weighted by Gasteiger charge is -2.14. The van der Waals surface area contributed by atoms with Crippen LogP contribution in [0.15, 0.2) is 24.3 Å². The summed E-state index contributed by atoms with van der Waals surface area (Å²) in [6.45, 7) is 12.4. The zero-order valence-electron chi connectivity index (χ0n) is 18.4. The average molecular weight is 423 g/mol. The topological polar surface area (TPSA) is 43.1 Å². The maximum atomic E-state index is 14.5. The van der Waals surface area contributed by atoms with Crippen molar-refractivity contribution >= 4 is 17.0 Å². The van der Waals surface area contributed by atoms with Gasteiger partial charge in [0.2, 0.25) is 0 Å². The Labute approximate surface area is 180 Å². The summed E-state index contributed by atoms with van der Waals surface area (Å²) in [4.78, 5) is 10.6. The number of aromatic nitrogens is 4. The van der Waals surface area contributed by atoms with E-state index in [0.29, 0.717) is 16.5 Å². The molecule has 0 fully saturated rings. The van der Waals surface area contributed by atoms with Gasteiger partial charge in [-0.2, -0.15) is 5.10 Å². The molecule has 4 rings (SSSR count). The first-order chi connectivity index (χ1) is 14.3. The number of fused-ring (bicyclic) bond motifs is 1. The lowest BCUT2D eigenvalue weighted by atomic mass is 9.95. The molecule has 0 spiro atoms. The molecule has 30 heavy (non-hydrogen) atoms. The third-order valence-corrected chi connectivity index (χ3v) is 6.90. The Balaban J connectivity index is 1.94. The van der Waals surface area contributed by atoms with Crippen LogP contribution in [0, 0.1) is 33.5 Å². The molecule has 0 amide bonds. The molecule has 0 unspecified atom stereocenters. The SMILES string of the molecule is CCC(CC)c1cc(C)nn2c(-c3sc(-c4cc(C)ccc4F)nc3C)c(C)nc12. The van der Waals surface area contributed by atoms with Crippen molar-refractivity contribution in [1.82, 2.24) is 19.6 Å². The lowest BCUT2D eigenvalue weighted by molar-refractivity contribution is 0.631. The molecule has 4 aromatic rings. The van der Waals surface area contributed by atoms with E-state index in [2.05, 4.69) is 19.9 Å². The molecule has 0 bridgehead atoms. The predicted octanol–water partition coefficient (Wildman–Crippen LogP) is 6.80. The molecule has 0 saturated carbocycles. The van der Waals surface area contributed by atoms with Gasteiger partial charge in [-0.05, 0) is 64.7 Å². The van der Waals surface area contributed by atoms with Crippen molar-refractivity contribution in [1.29, 1.82) is 0 Å². The molecule has 3 heterocycles. The summed E-state index contributed by atoms with van der Waals surface area (Å²) in [7, 11) is 0. The number of rotatable bonds is 5. The average Bonchev–Trinajstić information content (AvgIpc) is 3.23. The molecule has 0 aliphatic carbocycles. The molecule has 0 aliphatic heterocycles. The summed E-state index contributed by atoms with van der Waals surface area (Å²) in [5.41, 5.74) is 7.43. The zero-order chi connectivity index (χ0) is 21.6. The molecule has 1 aromatic carbocycles. The van der Waals surface area contributed by atoms with Crippen LogP contribution in [0.1, 0.15) is 60.8 Å². The van der Waals surface area contributed by atoms with Gasteiger partial charge < -0.3 is 0 Å². The first-order valence-corrected chi connectivity index (χ1v) is 11.3. The van der Waals surface area contributed by atoms with Gasteiger partial charge in [0.1, 0.15) is 16.5 Å². The van der Waals surface area contributed by atoms with Gasteiger partial charge in [-0.25, -0.2) is 18.9 Å². The highest BCUT2D eigenvalue weighted by molar-refractivity contribution is 7.18. The second-order valence-corrected chi connectivity index (χ2v) is 8.95. The molecule has 0 N–H and O–H groups in total. The molecule has 4 nitrogen and oxygen atoms in total. The van der Waals surface area contributed by atoms with Crippen LogP contribution < -0.4 is 0 Å². The smallest absolute Gasteiger partial charge is 0.158 e. The van der Waals surface area contributed by atoms with E-state index in [1.807, 2.05) is 38.3 Å². The van der Waals surface area contributed by atoms with Crippen LogP contribution in [-0.4, -0.2) is 19.6 Å². The first kappa shape index (κ1) is 20.7. The summed E-state index contributed by atoms with van der Waals surface area (Å²) in [6.07, 6.45) is 2.13. The van der Waals surface area contributed by atoms with Crippen molar-refractivity contribution in [3.8, 4) is 21.1 Å². The van der Waals surface area contributed by atoms with Crippen molar-refractivity contribution in [2.45, 2.75) is 60.3 Å². The maximum absolute atomic E-state index is 14.5. The summed E-state index contributed by atoms with van der Waals surface area (Å²) >= 11 is 1.50. The van der Waals surface area contributed by atoms with Crippen LogP contribution in [-0.2, 0) is 0 Å². The van der Waals surface area contributed by atoms with E-state index in [-0.39, 0.29) is 5.82 Å². The van der Waals surface area contributed by atoms with E-state index >= 15 is 0 Å². The van der Waals surface area contributed by atoms with Crippen LogP contribution in [0.2, 0.25) is 0 Å². The van der Waals surface area contributed by atoms with Gasteiger partial charge in [-0.1, -0.05) is 25.5 Å². The molecule has 0 radical (unpaired) electrons. The minimum absolute atomic E-state index is 0.249. The number of hydrogen-bond donors (Lipinski definition) is 0. The number of hydrogen-bond acceptors (Lipinski definition) is 4. The molecule has 156 valence electrons. The molecule has 3 aromatic heterocycles. The molecule has 0 atom stereocenters. The lowest BCUT2D eigenvalue weighted by Crippen LogP contribution is -2.05. The van der Waals surface area contributed by atoms with E-state index in [1.54, 1.807) is 6.07 Å². The van der Waals surface area contributed by atoms with Gasteiger partial charge in [-0.15, -0.1) is 11.3 Å². The van der Waals surface area contributed by atoms with Crippen molar-refractivity contribution in [2.75, 3.05) is 0 Å². The number of benzene rings is 1. The fraction of sp³-hybridized carbons (Fsp3) is 0.375. The van der Waals surface area contributed by atoms with Gasteiger partial charge in [0, 0.05) is 11.1 Å².